The van der Waals surface area contributed by atoms with Crippen LogP contribution in [0.1, 0.15) is 16.8 Å². The zero-order chi connectivity index (χ0) is 16.9. The molecular weight excluding hydrogens is 320 g/mol. The number of nitrogens with zero attached hydrogens (tertiary/aromatic N) is 2. The minimum absolute atomic E-state index is 0.545. The summed E-state index contributed by atoms with van der Waals surface area (Å²) in [5, 5.41) is 7.20. The van der Waals surface area contributed by atoms with Crippen molar-refractivity contribution in [1.29, 1.82) is 0 Å². The van der Waals surface area contributed by atoms with Gasteiger partial charge in [-0.2, -0.15) is 4.98 Å². The Balaban J connectivity index is 1.72. The fourth-order valence-electron chi connectivity index (χ4n) is 2.31. The van der Waals surface area contributed by atoms with E-state index in [4.69, 9.17) is 11.6 Å². The van der Waals surface area contributed by atoms with E-state index < -0.39 is 0 Å². The van der Waals surface area contributed by atoms with Crippen molar-refractivity contribution in [2.75, 3.05) is 10.6 Å². The van der Waals surface area contributed by atoms with Gasteiger partial charge in [0.25, 0.3) is 0 Å². The maximum absolute atomic E-state index is 6.01. The van der Waals surface area contributed by atoms with E-state index in [2.05, 4.69) is 51.8 Å². The highest BCUT2D eigenvalue weighted by molar-refractivity contribution is 6.30. The van der Waals surface area contributed by atoms with Crippen LogP contribution in [-0.4, -0.2) is 9.97 Å². The highest BCUT2D eigenvalue weighted by atomic mass is 35.5. The molecule has 0 unspecified atom stereocenters. The second-order valence-electron chi connectivity index (χ2n) is 5.69. The Morgan fingerprint density at radius 1 is 0.958 bits per heavy atom. The highest BCUT2D eigenvalue weighted by Crippen LogP contribution is 2.19. The van der Waals surface area contributed by atoms with E-state index in [0.717, 1.165) is 17.2 Å². The van der Waals surface area contributed by atoms with E-state index in [9.17, 15) is 0 Å². The maximum atomic E-state index is 6.01. The van der Waals surface area contributed by atoms with Crippen molar-refractivity contribution in [3.05, 3.63) is 76.4 Å². The number of anilines is 3. The van der Waals surface area contributed by atoms with Gasteiger partial charge >= 0.3 is 0 Å². The Bertz CT molecular complexity index is 831. The predicted molar refractivity (Wildman–Crippen MR) is 100 cm³/mol. The van der Waals surface area contributed by atoms with Gasteiger partial charge in [-0.1, -0.05) is 47.5 Å². The van der Waals surface area contributed by atoms with E-state index in [1.54, 1.807) is 0 Å². The molecule has 0 saturated carbocycles. The average molecular weight is 339 g/mol. The average Bonchev–Trinajstić information content (AvgIpc) is 2.54. The SMILES string of the molecule is Cc1ccc(CNc2cc(C)nc(Nc3cccc(Cl)c3)n2)cc1. The lowest BCUT2D eigenvalue weighted by molar-refractivity contribution is 1.06. The first-order valence-corrected chi connectivity index (χ1v) is 8.14. The number of hydrogen-bond donors (Lipinski definition) is 2. The van der Waals surface area contributed by atoms with Crippen LogP contribution in [-0.2, 0) is 6.54 Å². The molecular formula is C19H19ClN4. The van der Waals surface area contributed by atoms with Crippen molar-refractivity contribution >= 4 is 29.1 Å². The van der Waals surface area contributed by atoms with Crippen LogP contribution in [0.4, 0.5) is 17.5 Å². The zero-order valence-electron chi connectivity index (χ0n) is 13.7. The topological polar surface area (TPSA) is 49.8 Å². The number of aryl methyl sites for hydroxylation is 2. The van der Waals surface area contributed by atoms with Crippen LogP contribution in [0.3, 0.4) is 0 Å². The lowest BCUT2D eigenvalue weighted by Gasteiger charge is -2.10. The Morgan fingerprint density at radius 3 is 2.50 bits per heavy atom. The molecule has 0 amide bonds. The van der Waals surface area contributed by atoms with Crippen LogP contribution in [0.2, 0.25) is 5.02 Å². The number of benzene rings is 2. The van der Waals surface area contributed by atoms with E-state index in [0.29, 0.717) is 17.5 Å². The van der Waals surface area contributed by atoms with Crippen LogP contribution >= 0.6 is 11.6 Å². The molecule has 5 heteroatoms. The summed E-state index contributed by atoms with van der Waals surface area (Å²) in [6, 6.07) is 17.8. The maximum Gasteiger partial charge on any atom is 0.229 e. The van der Waals surface area contributed by atoms with Crippen LogP contribution < -0.4 is 10.6 Å². The predicted octanol–water partition coefficient (Wildman–Crippen LogP) is 5.10. The van der Waals surface area contributed by atoms with Gasteiger partial charge in [-0.3, -0.25) is 0 Å². The highest BCUT2D eigenvalue weighted by Gasteiger charge is 2.04. The molecule has 1 heterocycles. The molecule has 2 aromatic carbocycles. The number of halogens is 1. The Labute approximate surface area is 146 Å². The molecule has 0 fully saturated rings. The lowest BCUT2D eigenvalue weighted by atomic mass is 10.1. The molecule has 0 spiro atoms. The minimum atomic E-state index is 0.545. The Morgan fingerprint density at radius 2 is 1.75 bits per heavy atom. The fourth-order valence-corrected chi connectivity index (χ4v) is 2.50. The summed E-state index contributed by atoms with van der Waals surface area (Å²) in [5.41, 5.74) is 4.21. The van der Waals surface area contributed by atoms with Crippen molar-refractivity contribution < 1.29 is 0 Å². The third-order valence-corrected chi connectivity index (χ3v) is 3.76. The first kappa shape index (κ1) is 16.3. The lowest BCUT2D eigenvalue weighted by Crippen LogP contribution is -2.05. The molecule has 0 atom stereocenters. The number of rotatable bonds is 5. The molecule has 122 valence electrons. The molecule has 0 saturated heterocycles. The van der Waals surface area contributed by atoms with Gasteiger partial charge in [0.05, 0.1) is 0 Å². The Kier molecular flexibility index (Phi) is 4.96. The van der Waals surface area contributed by atoms with Gasteiger partial charge in [0.2, 0.25) is 5.95 Å². The largest absolute Gasteiger partial charge is 0.366 e. The molecule has 0 aliphatic heterocycles. The number of hydrogen-bond acceptors (Lipinski definition) is 4. The summed E-state index contributed by atoms with van der Waals surface area (Å²) >= 11 is 6.01. The molecule has 0 aliphatic carbocycles. The van der Waals surface area contributed by atoms with Crippen LogP contribution in [0, 0.1) is 13.8 Å². The second kappa shape index (κ2) is 7.32. The van der Waals surface area contributed by atoms with Crippen molar-refractivity contribution in [1.82, 2.24) is 9.97 Å². The van der Waals surface area contributed by atoms with Crippen LogP contribution in [0.25, 0.3) is 0 Å². The van der Waals surface area contributed by atoms with Crippen LogP contribution in [0.5, 0.6) is 0 Å². The van der Waals surface area contributed by atoms with Gasteiger partial charge in [-0.15, -0.1) is 0 Å². The summed E-state index contributed by atoms with van der Waals surface area (Å²) in [4.78, 5) is 8.93. The molecule has 2 N–H and O–H groups in total. The van der Waals surface area contributed by atoms with Crippen molar-refractivity contribution in [2.24, 2.45) is 0 Å². The standard InChI is InChI=1S/C19H19ClN4/c1-13-6-8-15(9-7-13)12-21-18-10-14(2)22-19(24-18)23-17-5-3-4-16(20)11-17/h3-11H,12H2,1-2H3,(H2,21,22,23,24). The summed E-state index contributed by atoms with van der Waals surface area (Å²) < 4.78 is 0. The monoisotopic (exact) mass is 338 g/mol. The van der Waals surface area contributed by atoms with Gasteiger partial charge < -0.3 is 10.6 Å². The summed E-state index contributed by atoms with van der Waals surface area (Å²) in [7, 11) is 0. The normalized spacial score (nSPS) is 10.5. The third kappa shape index (κ3) is 4.46. The van der Waals surface area contributed by atoms with Crippen molar-refractivity contribution in [3.63, 3.8) is 0 Å². The second-order valence-corrected chi connectivity index (χ2v) is 6.13. The third-order valence-electron chi connectivity index (χ3n) is 3.53. The molecule has 0 radical (unpaired) electrons. The van der Waals surface area contributed by atoms with Gasteiger partial charge in [0, 0.05) is 29.0 Å². The zero-order valence-corrected chi connectivity index (χ0v) is 14.4. The van der Waals surface area contributed by atoms with E-state index in [-0.39, 0.29) is 0 Å². The van der Waals surface area contributed by atoms with E-state index in [1.807, 2.05) is 37.3 Å². The minimum Gasteiger partial charge on any atom is -0.366 e. The summed E-state index contributed by atoms with van der Waals surface area (Å²) in [6.07, 6.45) is 0. The van der Waals surface area contributed by atoms with Crippen LogP contribution in [0.15, 0.2) is 54.6 Å². The van der Waals surface area contributed by atoms with Gasteiger partial charge in [0.15, 0.2) is 0 Å². The Hall–Kier alpha value is -2.59. The van der Waals surface area contributed by atoms with Crippen molar-refractivity contribution in [3.8, 4) is 0 Å². The summed E-state index contributed by atoms with van der Waals surface area (Å²) in [5.74, 6) is 1.33. The molecule has 4 nitrogen and oxygen atoms in total. The summed E-state index contributed by atoms with van der Waals surface area (Å²) in [6.45, 7) is 4.74. The molecule has 24 heavy (non-hydrogen) atoms. The molecule has 3 aromatic rings. The number of aromatic nitrogens is 2. The molecule has 1 aromatic heterocycles. The van der Waals surface area contributed by atoms with Gasteiger partial charge in [-0.25, -0.2) is 4.98 Å². The molecule has 0 aliphatic rings. The first-order valence-electron chi connectivity index (χ1n) is 7.76. The first-order chi connectivity index (χ1) is 11.6. The fraction of sp³-hybridized carbons (Fsp3) is 0.158. The van der Waals surface area contributed by atoms with Crippen molar-refractivity contribution in [2.45, 2.75) is 20.4 Å². The smallest absolute Gasteiger partial charge is 0.229 e. The number of nitrogens with one attached hydrogen (secondary N) is 2. The van der Waals surface area contributed by atoms with Gasteiger partial charge in [-0.05, 0) is 37.6 Å². The van der Waals surface area contributed by atoms with E-state index in [1.165, 1.54) is 11.1 Å². The quantitative estimate of drug-likeness (QED) is 0.679. The molecule has 0 bridgehead atoms. The van der Waals surface area contributed by atoms with Gasteiger partial charge in [0.1, 0.15) is 5.82 Å². The van der Waals surface area contributed by atoms with E-state index >= 15 is 0 Å². The molecule has 3 rings (SSSR count).